The number of nitriles is 1. The summed E-state index contributed by atoms with van der Waals surface area (Å²) in [6.07, 6.45) is 3.54. The van der Waals surface area contributed by atoms with Crippen molar-refractivity contribution in [3.8, 4) is 17.2 Å². The maximum absolute atomic E-state index is 15.6. The molecule has 0 spiro atoms. The van der Waals surface area contributed by atoms with Gasteiger partial charge in [0.1, 0.15) is 11.7 Å². The normalized spacial score (nSPS) is 28.8. The number of carbonyl (C=O) groups is 2. The molecule has 1 aromatic heterocycles. The maximum Gasteiger partial charge on any atom is 0.313 e. The minimum Gasteiger partial charge on any atom is -0.462 e. The summed E-state index contributed by atoms with van der Waals surface area (Å²) in [5.41, 5.74) is 0.0241. The number of benzene rings is 1. The van der Waals surface area contributed by atoms with Crippen LogP contribution in [0.1, 0.15) is 59.2 Å². The fourth-order valence-electron chi connectivity index (χ4n) is 6.11. The van der Waals surface area contributed by atoms with Crippen molar-refractivity contribution in [2.24, 2.45) is 29.1 Å². The van der Waals surface area contributed by atoms with Crippen molar-refractivity contribution in [2.45, 2.75) is 65.6 Å². The van der Waals surface area contributed by atoms with Gasteiger partial charge in [-0.05, 0) is 51.8 Å². The number of rotatable bonds is 5. The molecule has 0 radical (unpaired) electrons. The van der Waals surface area contributed by atoms with Gasteiger partial charge < -0.3 is 9.47 Å². The molecule has 0 N–H and O–H groups in total. The topological polar surface area (TPSA) is 89.3 Å². The third-order valence-corrected chi connectivity index (χ3v) is 8.13. The lowest BCUT2D eigenvalue weighted by Crippen LogP contribution is -2.57. The second kappa shape index (κ2) is 10.2. The number of fused-ring (bicyclic) bond motifs is 1. The van der Waals surface area contributed by atoms with Crippen molar-refractivity contribution in [3.05, 3.63) is 59.9 Å². The van der Waals surface area contributed by atoms with Gasteiger partial charge in [-0.1, -0.05) is 44.2 Å². The summed E-state index contributed by atoms with van der Waals surface area (Å²) in [6.45, 7) is 9.76. The smallest absolute Gasteiger partial charge is 0.313 e. The molecule has 1 saturated heterocycles. The molecule has 2 aromatic rings. The van der Waals surface area contributed by atoms with Crippen molar-refractivity contribution in [3.63, 3.8) is 0 Å². The molecule has 6 atom stereocenters. The number of ether oxygens (including phenoxy) is 2. The van der Waals surface area contributed by atoms with E-state index in [9.17, 15) is 14.9 Å². The zero-order valence-corrected chi connectivity index (χ0v) is 23.1. The molecule has 39 heavy (non-hydrogen) atoms. The molecule has 1 aromatic carbocycles. The second-order valence-electron chi connectivity index (χ2n) is 11.7. The first-order valence-electron chi connectivity index (χ1n) is 13.2. The van der Waals surface area contributed by atoms with E-state index < -0.39 is 65.1 Å². The van der Waals surface area contributed by atoms with Gasteiger partial charge in [0.2, 0.25) is 0 Å². The minimum atomic E-state index is -3.22. The van der Waals surface area contributed by atoms with Gasteiger partial charge in [-0.25, -0.2) is 8.78 Å². The zero-order chi connectivity index (χ0) is 28.8. The summed E-state index contributed by atoms with van der Waals surface area (Å²) in [4.78, 5) is 30.8. The number of alkyl halides is 2. The van der Waals surface area contributed by atoms with Gasteiger partial charge in [-0.15, -0.1) is 0 Å². The van der Waals surface area contributed by atoms with Gasteiger partial charge >= 0.3 is 11.9 Å². The molecular formula is C31H34F2N2O4. The monoisotopic (exact) mass is 536 g/mol. The quantitative estimate of drug-likeness (QED) is 0.408. The van der Waals surface area contributed by atoms with E-state index in [-0.39, 0.29) is 0 Å². The van der Waals surface area contributed by atoms with Crippen molar-refractivity contribution >= 4 is 18.0 Å². The molecule has 6 nitrogen and oxygen atoms in total. The number of cyclic esters (lactones) is 1. The third kappa shape index (κ3) is 5.19. The van der Waals surface area contributed by atoms with E-state index >= 15 is 8.78 Å². The van der Waals surface area contributed by atoms with Gasteiger partial charge in [0.25, 0.3) is 5.92 Å². The number of aromatic nitrogens is 1. The minimum absolute atomic E-state index is 0.524. The lowest BCUT2D eigenvalue weighted by Gasteiger charge is -2.49. The highest BCUT2D eigenvalue weighted by atomic mass is 19.3. The molecule has 2 heterocycles. The molecule has 2 aliphatic rings. The summed E-state index contributed by atoms with van der Waals surface area (Å²) in [5, 5.41) is 9.39. The zero-order valence-electron chi connectivity index (χ0n) is 23.1. The largest absolute Gasteiger partial charge is 0.462 e. The fraction of sp³-hybridized carbons (Fsp3) is 0.484. The highest BCUT2D eigenvalue weighted by Crippen LogP contribution is 2.62. The van der Waals surface area contributed by atoms with Crippen LogP contribution in [-0.2, 0) is 19.1 Å². The Hall–Kier alpha value is -3.60. The van der Waals surface area contributed by atoms with Crippen LogP contribution in [0.4, 0.5) is 8.78 Å². The SMILES string of the molecule is CC(C(=O)OC(C)(C)C)[C@@]12CC(F)(F)[C@@H](C)[C@H](C=Cc3ccc(-c4ccccc4C#N)cn3)[C@@H]1[C@@H](C)OC2=O. The van der Waals surface area contributed by atoms with Gasteiger partial charge in [0.15, 0.2) is 0 Å². The molecule has 0 bridgehead atoms. The standard InChI is InChI=1S/C31H34F2N2O4/c1-18-24(14-13-23-12-11-22(16-35-23)25-10-8-7-9-21(25)15-34)26-20(3)38-28(37)30(26,17-31(18,32)33)19(2)27(36)39-29(4,5)6/h7-14,16,18-20,24,26H,17H2,1-6H3/t18-,19?,20+,24-,26-,30-/m0/s1. The van der Waals surface area contributed by atoms with E-state index in [4.69, 9.17) is 9.47 Å². The lowest BCUT2D eigenvalue weighted by atomic mass is 9.52. The van der Waals surface area contributed by atoms with Crippen LogP contribution < -0.4 is 0 Å². The Morgan fingerprint density at radius 2 is 1.92 bits per heavy atom. The summed E-state index contributed by atoms with van der Waals surface area (Å²) in [5.74, 6) is -8.32. The predicted octanol–water partition coefficient (Wildman–Crippen LogP) is 6.45. The molecule has 1 unspecified atom stereocenters. The molecule has 8 heteroatoms. The van der Waals surface area contributed by atoms with E-state index in [2.05, 4.69) is 11.1 Å². The highest BCUT2D eigenvalue weighted by molar-refractivity contribution is 5.88. The second-order valence-corrected chi connectivity index (χ2v) is 11.7. The summed E-state index contributed by atoms with van der Waals surface area (Å²) >= 11 is 0. The molecule has 1 aliphatic heterocycles. The van der Waals surface area contributed by atoms with Crippen LogP contribution in [0.2, 0.25) is 0 Å². The van der Waals surface area contributed by atoms with Crippen LogP contribution in [0.15, 0.2) is 48.7 Å². The summed E-state index contributed by atoms with van der Waals surface area (Å²) < 4.78 is 42.3. The Balaban J connectivity index is 1.69. The van der Waals surface area contributed by atoms with Gasteiger partial charge in [0.05, 0.1) is 28.7 Å². The first kappa shape index (κ1) is 28.4. The number of hydrogen-bond donors (Lipinski definition) is 0. The molecule has 1 saturated carbocycles. The van der Waals surface area contributed by atoms with E-state index in [1.165, 1.54) is 13.8 Å². The third-order valence-electron chi connectivity index (χ3n) is 8.13. The molecule has 0 amide bonds. The van der Waals surface area contributed by atoms with Crippen LogP contribution in [-0.4, -0.2) is 34.6 Å². The van der Waals surface area contributed by atoms with Gasteiger partial charge in [-0.3, -0.25) is 14.6 Å². The van der Waals surface area contributed by atoms with Crippen LogP contribution >= 0.6 is 0 Å². The van der Waals surface area contributed by atoms with Crippen molar-refractivity contribution < 1.29 is 27.8 Å². The number of nitrogens with zero attached hydrogens (tertiary/aromatic N) is 2. The number of esters is 2. The highest BCUT2D eigenvalue weighted by Gasteiger charge is 2.71. The first-order chi connectivity index (χ1) is 18.2. The molecule has 2 fully saturated rings. The van der Waals surface area contributed by atoms with E-state index in [1.54, 1.807) is 64.2 Å². The van der Waals surface area contributed by atoms with Crippen molar-refractivity contribution in [1.29, 1.82) is 5.26 Å². The number of hydrogen-bond acceptors (Lipinski definition) is 6. The lowest BCUT2D eigenvalue weighted by molar-refractivity contribution is -0.193. The van der Waals surface area contributed by atoms with Crippen molar-refractivity contribution in [1.82, 2.24) is 4.98 Å². The molecule has 206 valence electrons. The Kier molecular flexibility index (Phi) is 7.41. The Labute approximate surface area is 228 Å². The van der Waals surface area contributed by atoms with E-state index in [0.717, 1.165) is 11.1 Å². The Morgan fingerprint density at radius 3 is 2.54 bits per heavy atom. The summed E-state index contributed by atoms with van der Waals surface area (Å²) in [6, 6.07) is 12.9. The summed E-state index contributed by atoms with van der Waals surface area (Å²) in [7, 11) is 0. The van der Waals surface area contributed by atoms with Crippen LogP contribution in [0.25, 0.3) is 17.2 Å². The first-order valence-corrected chi connectivity index (χ1v) is 13.2. The fourth-order valence-corrected chi connectivity index (χ4v) is 6.11. The predicted molar refractivity (Wildman–Crippen MR) is 142 cm³/mol. The number of allylic oxidation sites excluding steroid dienone is 1. The van der Waals surface area contributed by atoms with Crippen molar-refractivity contribution in [2.75, 3.05) is 0 Å². The number of pyridine rings is 1. The molecule has 1 aliphatic carbocycles. The average Bonchev–Trinajstić information content (AvgIpc) is 3.12. The van der Waals surface area contributed by atoms with Crippen LogP contribution in [0.3, 0.4) is 0 Å². The number of carbonyl (C=O) groups excluding carboxylic acids is 2. The average molecular weight is 537 g/mol. The van der Waals surface area contributed by atoms with E-state index in [1.807, 2.05) is 18.2 Å². The van der Waals surface area contributed by atoms with Crippen LogP contribution in [0.5, 0.6) is 0 Å². The maximum atomic E-state index is 15.6. The number of halogens is 2. The van der Waals surface area contributed by atoms with Gasteiger partial charge in [0, 0.05) is 35.6 Å². The Bertz CT molecular complexity index is 1330. The van der Waals surface area contributed by atoms with Gasteiger partial charge in [-0.2, -0.15) is 5.26 Å². The Morgan fingerprint density at radius 1 is 1.23 bits per heavy atom. The van der Waals surface area contributed by atoms with Crippen LogP contribution in [0, 0.1) is 40.4 Å². The van der Waals surface area contributed by atoms with E-state index in [0.29, 0.717) is 11.3 Å². The molecule has 4 rings (SSSR count). The molecular weight excluding hydrogens is 502 g/mol.